The summed E-state index contributed by atoms with van der Waals surface area (Å²) in [5.74, 6) is 0.0436. The fourth-order valence-electron chi connectivity index (χ4n) is 2.40. The number of rotatable bonds is 4. The Morgan fingerprint density at radius 1 is 1.09 bits per heavy atom. The molecule has 1 aromatic carbocycles. The molecule has 0 radical (unpaired) electrons. The van der Waals surface area contributed by atoms with Crippen molar-refractivity contribution < 1.29 is 14.7 Å². The van der Waals surface area contributed by atoms with Crippen molar-refractivity contribution in [3.63, 3.8) is 0 Å². The molecule has 0 saturated carbocycles. The summed E-state index contributed by atoms with van der Waals surface area (Å²) in [5, 5.41) is 18.0. The number of carbonyl (C=O) groups excluding carboxylic acids is 2. The average molecular weight is 303 g/mol. The van der Waals surface area contributed by atoms with Crippen LogP contribution in [0.1, 0.15) is 17.5 Å². The highest BCUT2D eigenvalue weighted by Gasteiger charge is 2.20. The molecule has 1 aromatic rings. The second kappa shape index (κ2) is 6.93. The maximum Gasteiger partial charge on any atom is 0.223 e. The van der Waals surface area contributed by atoms with Gasteiger partial charge in [0.1, 0.15) is 11.9 Å². The highest BCUT2D eigenvalue weighted by molar-refractivity contribution is 5.94. The maximum absolute atomic E-state index is 12.1. The first-order valence-electron chi connectivity index (χ1n) is 7.14. The smallest absolute Gasteiger partial charge is 0.223 e. The van der Waals surface area contributed by atoms with E-state index in [-0.39, 0.29) is 11.7 Å². The normalized spacial score (nSPS) is 14.7. The number of amides is 2. The predicted molar refractivity (Wildman–Crippen MR) is 79.3 cm³/mol. The van der Waals surface area contributed by atoms with Gasteiger partial charge in [0, 0.05) is 38.2 Å². The molecule has 1 fully saturated rings. The van der Waals surface area contributed by atoms with Gasteiger partial charge in [0.25, 0.3) is 0 Å². The van der Waals surface area contributed by atoms with E-state index < -0.39 is 6.09 Å². The number of benzene rings is 1. The Labute approximate surface area is 128 Å². The van der Waals surface area contributed by atoms with E-state index in [1.165, 1.54) is 4.90 Å². The molecule has 1 aliphatic heterocycles. The van der Waals surface area contributed by atoms with Crippen LogP contribution in [-0.4, -0.2) is 53.8 Å². The van der Waals surface area contributed by atoms with E-state index >= 15 is 0 Å². The Bertz CT molecular complexity index is 563. The standard InChI is InChI=1S/C15H20N4O3/c16-14(17)12-4-1-11(2-5-12)3-6-13(20)18-7-9-19(10-8-18)15(21)22/h1-2,4-5H,3,6-10H2,(H3,16,17)(H,21,22)/p-1. The second-order valence-corrected chi connectivity index (χ2v) is 5.24. The first-order chi connectivity index (χ1) is 10.5. The van der Waals surface area contributed by atoms with Gasteiger partial charge in [0.05, 0.1) is 0 Å². The molecule has 0 aliphatic carbocycles. The van der Waals surface area contributed by atoms with E-state index in [4.69, 9.17) is 11.1 Å². The minimum Gasteiger partial charge on any atom is -0.530 e. The maximum atomic E-state index is 12.1. The summed E-state index contributed by atoms with van der Waals surface area (Å²) in [4.78, 5) is 25.7. The SMILES string of the molecule is N=C(N)c1ccc(CCC(=O)N2CCN(C(=O)[O-])CC2)cc1. The van der Waals surface area contributed by atoms with Crippen LogP contribution in [0.2, 0.25) is 0 Å². The van der Waals surface area contributed by atoms with Crippen molar-refractivity contribution in [2.24, 2.45) is 5.73 Å². The summed E-state index contributed by atoms with van der Waals surface area (Å²) < 4.78 is 0. The molecule has 118 valence electrons. The van der Waals surface area contributed by atoms with E-state index in [2.05, 4.69) is 0 Å². The molecule has 2 rings (SSSR count). The topological polar surface area (TPSA) is 114 Å². The lowest BCUT2D eigenvalue weighted by molar-refractivity contribution is -0.266. The summed E-state index contributed by atoms with van der Waals surface area (Å²) in [6, 6.07) is 7.25. The lowest BCUT2D eigenvalue weighted by Crippen LogP contribution is -2.53. The molecular formula is C15H19N4O3-. The van der Waals surface area contributed by atoms with Crippen LogP contribution in [0.5, 0.6) is 0 Å². The highest BCUT2D eigenvalue weighted by Crippen LogP contribution is 2.09. The van der Waals surface area contributed by atoms with Crippen molar-refractivity contribution >= 4 is 17.8 Å². The van der Waals surface area contributed by atoms with Gasteiger partial charge >= 0.3 is 0 Å². The fraction of sp³-hybridized carbons (Fsp3) is 0.400. The van der Waals surface area contributed by atoms with Gasteiger partial charge < -0.3 is 25.4 Å². The average Bonchev–Trinajstić information content (AvgIpc) is 2.53. The largest absolute Gasteiger partial charge is 0.530 e. The number of piperazine rings is 1. The van der Waals surface area contributed by atoms with Gasteiger partial charge in [-0.05, 0) is 12.0 Å². The molecule has 0 bridgehead atoms. The van der Waals surface area contributed by atoms with Crippen LogP contribution in [0.15, 0.2) is 24.3 Å². The summed E-state index contributed by atoms with van der Waals surface area (Å²) in [7, 11) is 0. The molecule has 7 heteroatoms. The number of carboxylic acid groups (broad SMARTS) is 1. The van der Waals surface area contributed by atoms with E-state index in [0.29, 0.717) is 44.6 Å². The Kier molecular flexibility index (Phi) is 4.98. The Morgan fingerprint density at radius 3 is 2.14 bits per heavy atom. The lowest BCUT2D eigenvalue weighted by Gasteiger charge is -2.36. The third kappa shape index (κ3) is 3.97. The van der Waals surface area contributed by atoms with Crippen molar-refractivity contribution in [1.82, 2.24) is 9.80 Å². The second-order valence-electron chi connectivity index (χ2n) is 5.24. The van der Waals surface area contributed by atoms with Gasteiger partial charge in [-0.15, -0.1) is 0 Å². The minimum atomic E-state index is -1.18. The minimum absolute atomic E-state index is 0.0217. The van der Waals surface area contributed by atoms with Crippen molar-refractivity contribution in [2.45, 2.75) is 12.8 Å². The third-order valence-corrected chi connectivity index (χ3v) is 3.78. The summed E-state index contributed by atoms with van der Waals surface area (Å²) in [6.07, 6.45) is -0.194. The van der Waals surface area contributed by atoms with Gasteiger partial charge in [0.2, 0.25) is 5.91 Å². The highest BCUT2D eigenvalue weighted by atomic mass is 16.4. The molecule has 1 aliphatic rings. The fourth-order valence-corrected chi connectivity index (χ4v) is 2.40. The number of carbonyl (C=O) groups is 2. The van der Waals surface area contributed by atoms with Crippen LogP contribution in [0.3, 0.4) is 0 Å². The van der Waals surface area contributed by atoms with E-state index in [1.54, 1.807) is 17.0 Å². The van der Waals surface area contributed by atoms with Crippen molar-refractivity contribution in [1.29, 1.82) is 5.41 Å². The molecule has 2 amide bonds. The van der Waals surface area contributed by atoms with Crippen molar-refractivity contribution in [2.75, 3.05) is 26.2 Å². The van der Waals surface area contributed by atoms with Crippen LogP contribution in [0, 0.1) is 5.41 Å². The first kappa shape index (κ1) is 15.8. The van der Waals surface area contributed by atoms with Crippen LogP contribution in [0.4, 0.5) is 4.79 Å². The number of aryl methyl sites for hydroxylation is 1. The molecule has 22 heavy (non-hydrogen) atoms. The molecule has 1 saturated heterocycles. The number of nitrogen functional groups attached to an aromatic ring is 1. The van der Waals surface area contributed by atoms with Crippen LogP contribution >= 0.6 is 0 Å². The summed E-state index contributed by atoms with van der Waals surface area (Å²) in [6.45, 7) is 1.44. The zero-order valence-electron chi connectivity index (χ0n) is 12.2. The van der Waals surface area contributed by atoms with E-state index in [9.17, 15) is 14.7 Å². The monoisotopic (exact) mass is 303 g/mol. The van der Waals surface area contributed by atoms with E-state index in [0.717, 1.165) is 5.56 Å². The molecule has 0 spiro atoms. The summed E-state index contributed by atoms with van der Waals surface area (Å²) >= 11 is 0. The Balaban J connectivity index is 1.80. The zero-order chi connectivity index (χ0) is 16.1. The predicted octanol–water partition coefficient (Wildman–Crippen LogP) is -0.609. The van der Waals surface area contributed by atoms with Gasteiger partial charge in [0.15, 0.2) is 0 Å². The van der Waals surface area contributed by atoms with Gasteiger partial charge in [-0.1, -0.05) is 24.3 Å². The number of amidine groups is 1. The molecule has 0 aromatic heterocycles. The zero-order valence-corrected chi connectivity index (χ0v) is 12.2. The molecule has 0 atom stereocenters. The molecule has 7 nitrogen and oxygen atoms in total. The molecule has 0 unspecified atom stereocenters. The Hall–Kier alpha value is -2.57. The Morgan fingerprint density at radius 2 is 1.64 bits per heavy atom. The van der Waals surface area contributed by atoms with E-state index in [1.807, 2.05) is 12.1 Å². The quantitative estimate of drug-likeness (QED) is 0.570. The first-order valence-corrected chi connectivity index (χ1v) is 7.14. The number of nitrogens with zero attached hydrogens (tertiary/aromatic N) is 2. The van der Waals surface area contributed by atoms with Gasteiger partial charge in [-0.25, -0.2) is 0 Å². The van der Waals surface area contributed by atoms with Gasteiger partial charge in [-0.3, -0.25) is 10.2 Å². The number of nitrogens with two attached hydrogens (primary N) is 1. The van der Waals surface area contributed by atoms with Crippen LogP contribution < -0.4 is 10.8 Å². The summed E-state index contributed by atoms with van der Waals surface area (Å²) in [5.41, 5.74) is 7.06. The molecular weight excluding hydrogens is 284 g/mol. The van der Waals surface area contributed by atoms with Crippen LogP contribution in [0.25, 0.3) is 0 Å². The lowest BCUT2D eigenvalue weighted by atomic mass is 10.1. The number of hydrogen-bond donors (Lipinski definition) is 2. The molecule has 3 N–H and O–H groups in total. The number of hydrogen-bond acceptors (Lipinski definition) is 4. The van der Waals surface area contributed by atoms with Crippen molar-refractivity contribution in [3.8, 4) is 0 Å². The van der Waals surface area contributed by atoms with Crippen molar-refractivity contribution in [3.05, 3.63) is 35.4 Å². The third-order valence-electron chi connectivity index (χ3n) is 3.78. The van der Waals surface area contributed by atoms with Gasteiger partial charge in [-0.2, -0.15) is 0 Å². The number of nitrogens with one attached hydrogen (secondary N) is 1. The van der Waals surface area contributed by atoms with Crippen LogP contribution in [-0.2, 0) is 11.2 Å². The molecule has 1 heterocycles.